The smallest absolute Gasteiger partial charge is 0.0570 e. The normalized spacial score (nSPS) is 16.2. The molecule has 0 heterocycles. The van der Waals surface area contributed by atoms with Crippen molar-refractivity contribution in [3.05, 3.63) is 0 Å². The van der Waals surface area contributed by atoms with Crippen LogP contribution in [0.15, 0.2) is 0 Å². The van der Waals surface area contributed by atoms with E-state index in [2.05, 4.69) is 39.9 Å². The molecule has 0 aliphatic heterocycles. The molecule has 0 bridgehead atoms. The predicted octanol–water partition coefficient (Wildman–Crippen LogP) is 2.29. The van der Waals surface area contributed by atoms with Gasteiger partial charge in [0.05, 0.1) is 12.7 Å². The first kappa shape index (κ1) is 12.9. The minimum Gasteiger partial charge on any atom is -0.378 e. The lowest BCUT2D eigenvalue weighted by molar-refractivity contribution is 0.0171. The van der Waals surface area contributed by atoms with Crippen molar-refractivity contribution in [2.75, 3.05) is 19.7 Å². The summed E-state index contributed by atoms with van der Waals surface area (Å²) in [5, 5.41) is 3.32. The Labute approximate surface area is 83.1 Å². The third kappa shape index (κ3) is 7.03. The van der Waals surface area contributed by atoms with Crippen LogP contribution in [0.3, 0.4) is 0 Å². The number of hydrogen-bond donors (Lipinski definition) is 1. The summed E-state index contributed by atoms with van der Waals surface area (Å²) in [5.74, 6) is 1.23. The fraction of sp³-hybridized carbons (Fsp3) is 1.00. The van der Waals surface area contributed by atoms with Gasteiger partial charge in [-0.3, -0.25) is 0 Å². The molecule has 0 aliphatic rings. The average molecular weight is 187 g/mol. The molecule has 0 aliphatic carbocycles. The van der Waals surface area contributed by atoms with Gasteiger partial charge < -0.3 is 10.1 Å². The van der Waals surface area contributed by atoms with E-state index >= 15 is 0 Å². The second-order valence-corrected chi connectivity index (χ2v) is 4.20. The molecule has 2 heteroatoms. The van der Waals surface area contributed by atoms with Crippen LogP contribution in [0, 0.1) is 11.8 Å². The first-order valence-electron chi connectivity index (χ1n) is 5.40. The summed E-state index contributed by atoms with van der Waals surface area (Å²) >= 11 is 0. The van der Waals surface area contributed by atoms with Crippen LogP contribution in [0.25, 0.3) is 0 Å². The van der Waals surface area contributed by atoms with Crippen molar-refractivity contribution < 1.29 is 4.74 Å². The van der Waals surface area contributed by atoms with Crippen LogP contribution in [-0.4, -0.2) is 25.8 Å². The molecule has 2 nitrogen and oxygen atoms in total. The maximum atomic E-state index is 5.72. The average Bonchev–Trinajstić information content (AvgIpc) is 2.10. The van der Waals surface area contributed by atoms with Gasteiger partial charge in [-0.05, 0) is 31.8 Å². The van der Waals surface area contributed by atoms with Crippen molar-refractivity contribution in [3.8, 4) is 0 Å². The number of rotatable bonds is 7. The molecule has 13 heavy (non-hydrogen) atoms. The summed E-state index contributed by atoms with van der Waals surface area (Å²) < 4.78 is 5.72. The Kier molecular flexibility index (Phi) is 7.29. The van der Waals surface area contributed by atoms with Gasteiger partial charge in [0.1, 0.15) is 0 Å². The van der Waals surface area contributed by atoms with Crippen molar-refractivity contribution >= 4 is 0 Å². The second-order valence-electron chi connectivity index (χ2n) is 4.20. The van der Waals surface area contributed by atoms with Crippen molar-refractivity contribution in [2.45, 2.75) is 40.7 Å². The van der Waals surface area contributed by atoms with Crippen LogP contribution < -0.4 is 5.32 Å². The van der Waals surface area contributed by atoms with E-state index in [4.69, 9.17) is 4.74 Å². The van der Waals surface area contributed by atoms with Crippen LogP contribution in [0.1, 0.15) is 34.6 Å². The fourth-order valence-electron chi connectivity index (χ4n) is 0.958. The van der Waals surface area contributed by atoms with Crippen molar-refractivity contribution in [2.24, 2.45) is 11.8 Å². The lowest BCUT2D eigenvalue weighted by atomic mass is 10.1. The van der Waals surface area contributed by atoms with E-state index in [9.17, 15) is 0 Å². The summed E-state index contributed by atoms with van der Waals surface area (Å²) in [6.07, 6.45) is 0.379. The molecular weight excluding hydrogens is 162 g/mol. The second kappa shape index (κ2) is 7.34. The Bertz CT molecular complexity index is 115. The van der Waals surface area contributed by atoms with Gasteiger partial charge in [-0.15, -0.1) is 0 Å². The SMILES string of the molecule is CCNCC(C)COC(C)C(C)C. The molecule has 0 saturated heterocycles. The molecule has 0 rings (SSSR count). The van der Waals surface area contributed by atoms with Crippen LogP contribution >= 0.6 is 0 Å². The highest BCUT2D eigenvalue weighted by molar-refractivity contribution is 4.59. The molecule has 0 spiro atoms. The Morgan fingerprint density at radius 1 is 1.15 bits per heavy atom. The monoisotopic (exact) mass is 187 g/mol. The summed E-state index contributed by atoms with van der Waals surface area (Å²) in [6, 6.07) is 0. The predicted molar refractivity (Wildman–Crippen MR) is 58.0 cm³/mol. The van der Waals surface area contributed by atoms with E-state index < -0.39 is 0 Å². The van der Waals surface area contributed by atoms with Gasteiger partial charge in [-0.1, -0.05) is 27.7 Å². The molecule has 0 fully saturated rings. The molecule has 2 unspecified atom stereocenters. The van der Waals surface area contributed by atoms with Gasteiger partial charge in [-0.25, -0.2) is 0 Å². The zero-order chi connectivity index (χ0) is 10.3. The summed E-state index contributed by atoms with van der Waals surface area (Å²) in [5.41, 5.74) is 0. The molecule has 0 aromatic carbocycles. The highest BCUT2D eigenvalue weighted by Crippen LogP contribution is 2.07. The molecule has 0 aromatic rings. The molecule has 1 N–H and O–H groups in total. The van der Waals surface area contributed by atoms with E-state index in [1.165, 1.54) is 0 Å². The minimum absolute atomic E-state index is 0.379. The largest absolute Gasteiger partial charge is 0.378 e. The third-order valence-corrected chi connectivity index (χ3v) is 2.33. The number of nitrogens with one attached hydrogen (secondary N) is 1. The maximum absolute atomic E-state index is 5.72. The molecule has 0 radical (unpaired) electrons. The zero-order valence-electron chi connectivity index (χ0n) is 9.76. The summed E-state index contributed by atoms with van der Waals surface area (Å²) in [7, 11) is 0. The van der Waals surface area contributed by atoms with E-state index in [0.717, 1.165) is 19.7 Å². The molecular formula is C11H25NO. The van der Waals surface area contributed by atoms with Gasteiger partial charge in [0.25, 0.3) is 0 Å². The standard InChI is InChI=1S/C11H25NO/c1-6-12-7-10(4)8-13-11(5)9(2)3/h9-12H,6-8H2,1-5H3. The van der Waals surface area contributed by atoms with Gasteiger partial charge in [0, 0.05) is 0 Å². The topological polar surface area (TPSA) is 21.3 Å². The van der Waals surface area contributed by atoms with Crippen molar-refractivity contribution in [1.29, 1.82) is 0 Å². The third-order valence-electron chi connectivity index (χ3n) is 2.33. The lowest BCUT2D eigenvalue weighted by Crippen LogP contribution is -2.26. The molecule has 2 atom stereocenters. The van der Waals surface area contributed by atoms with Gasteiger partial charge in [0.2, 0.25) is 0 Å². The minimum atomic E-state index is 0.379. The van der Waals surface area contributed by atoms with E-state index in [0.29, 0.717) is 17.9 Å². The Morgan fingerprint density at radius 2 is 1.77 bits per heavy atom. The van der Waals surface area contributed by atoms with Crippen LogP contribution in [0.2, 0.25) is 0 Å². The van der Waals surface area contributed by atoms with Crippen molar-refractivity contribution in [3.63, 3.8) is 0 Å². The van der Waals surface area contributed by atoms with Gasteiger partial charge >= 0.3 is 0 Å². The highest BCUT2D eigenvalue weighted by atomic mass is 16.5. The molecule has 0 aromatic heterocycles. The number of ether oxygens (including phenoxy) is 1. The first-order valence-corrected chi connectivity index (χ1v) is 5.40. The zero-order valence-corrected chi connectivity index (χ0v) is 9.76. The van der Waals surface area contributed by atoms with Gasteiger partial charge in [-0.2, -0.15) is 0 Å². The van der Waals surface area contributed by atoms with Crippen LogP contribution in [0.4, 0.5) is 0 Å². The lowest BCUT2D eigenvalue weighted by Gasteiger charge is -2.19. The van der Waals surface area contributed by atoms with E-state index in [-0.39, 0.29) is 0 Å². The van der Waals surface area contributed by atoms with Gasteiger partial charge in [0.15, 0.2) is 0 Å². The molecule has 0 amide bonds. The van der Waals surface area contributed by atoms with Crippen molar-refractivity contribution in [1.82, 2.24) is 5.32 Å². The molecule has 80 valence electrons. The Balaban J connectivity index is 3.40. The fourth-order valence-corrected chi connectivity index (χ4v) is 0.958. The van der Waals surface area contributed by atoms with E-state index in [1.54, 1.807) is 0 Å². The van der Waals surface area contributed by atoms with Crippen LogP contribution in [-0.2, 0) is 4.74 Å². The number of hydrogen-bond acceptors (Lipinski definition) is 2. The highest BCUT2D eigenvalue weighted by Gasteiger charge is 2.09. The quantitative estimate of drug-likeness (QED) is 0.660. The molecule has 0 saturated carbocycles. The maximum Gasteiger partial charge on any atom is 0.0570 e. The Hall–Kier alpha value is -0.0800. The van der Waals surface area contributed by atoms with Crippen LogP contribution in [0.5, 0.6) is 0 Å². The van der Waals surface area contributed by atoms with E-state index in [1.807, 2.05) is 0 Å². The summed E-state index contributed by atoms with van der Waals surface area (Å²) in [6.45, 7) is 13.8. The Morgan fingerprint density at radius 3 is 2.23 bits per heavy atom. The summed E-state index contributed by atoms with van der Waals surface area (Å²) in [4.78, 5) is 0. The first-order chi connectivity index (χ1) is 6.07.